The Kier molecular flexibility index (Phi) is 8.11. The van der Waals surface area contributed by atoms with Gasteiger partial charge in [-0.25, -0.2) is 9.98 Å². The summed E-state index contributed by atoms with van der Waals surface area (Å²) < 4.78 is 10.8. The molecular formula is C21H32N4O2S. The number of thiazole rings is 1. The van der Waals surface area contributed by atoms with Gasteiger partial charge in [0.2, 0.25) is 0 Å². The number of hydrogen-bond donors (Lipinski definition) is 2. The van der Waals surface area contributed by atoms with Crippen molar-refractivity contribution in [2.24, 2.45) is 4.99 Å². The Hall–Kier alpha value is -2.28. The van der Waals surface area contributed by atoms with Gasteiger partial charge in [0.25, 0.3) is 0 Å². The summed E-state index contributed by atoms with van der Waals surface area (Å²) in [6.07, 6.45) is 2.95. The number of aliphatic imine (C=N–C) groups is 1. The van der Waals surface area contributed by atoms with Crippen molar-refractivity contribution in [2.45, 2.75) is 46.1 Å². The van der Waals surface area contributed by atoms with Crippen molar-refractivity contribution in [3.05, 3.63) is 39.8 Å². The van der Waals surface area contributed by atoms with Gasteiger partial charge in [-0.1, -0.05) is 26.8 Å². The minimum atomic E-state index is -0.119. The number of aryl methyl sites for hydroxylation is 1. The molecule has 0 atom stereocenters. The topological polar surface area (TPSA) is 67.8 Å². The number of guanidine groups is 1. The molecule has 154 valence electrons. The largest absolute Gasteiger partial charge is 0.493 e. The Balaban J connectivity index is 2.07. The summed E-state index contributed by atoms with van der Waals surface area (Å²) in [5.41, 5.74) is 1.05. The van der Waals surface area contributed by atoms with Gasteiger partial charge >= 0.3 is 0 Å². The number of nitrogens with one attached hydrogen (secondary N) is 2. The number of benzene rings is 1. The predicted molar refractivity (Wildman–Crippen MR) is 117 cm³/mol. The Bertz CT molecular complexity index is 786. The van der Waals surface area contributed by atoms with Crippen LogP contribution in [0, 0.1) is 0 Å². The smallest absolute Gasteiger partial charge is 0.191 e. The number of aromatic nitrogens is 1. The first-order valence-corrected chi connectivity index (χ1v) is 10.4. The van der Waals surface area contributed by atoms with Crippen LogP contribution < -0.4 is 20.1 Å². The first kappa shape index (κ1) is 22.0. The summed E-state index contributed by atoms with van der Waals surface area (Å²) in [6, 6.07) is 6.06. The second kappa shape index (κ2) is 10.3. The van der Waals surface area contributed by atoms with Gasteiger partial charge in [-0.15, -0.1) is 11.3 Å². The van der Waals surface area contributed by atoms with Crippen LogP contribution in [0.1, 0.15) is 43.1 Å². The van der Waals surface area contributed by atoms with Gasteiger partial charge in [0.15, 0.2) is 17.5 Å². The van der Waals surface area contributed by atoms with E-state index in [1.54, 1.807) is 25.6 Å². The highest BCUT2D eigenvalue weighted by atomic mass is 32.1. The molecule has 0 saturated heterocycles. The summed E-state index contributed by atoms with van der Waals surface area (Å²) in [5, 5.41) is 7.81. The van der Waals surface area contributed by atoms with E-state index in [0.29, 0.717) is 6.54 Å². The van der Waals surface area contributed by atoms with E-state index in [0.717, 1.165) is 42.0 Å². The average Bonchev–Trinajstić information content (AvgIpc) is 3.17. The zero-order valence-corrected chi connectivity index (χ0v) is 18.6. The van der Waals surface area contributed by atoms with E-state index in [2.05, 4.69) is 54.4 Å². The Labute approximate surface area is 172 Å². The molecule has 0 aliphatic rings. The lowest BCUT2D eigenvalue weighted by Gasteiger charge is -2.27. The minimum Gasteiger partial charge on any atom is -0.493 e. The molecule has 1 aromatic carbocycles. The summed E-state index contributed by atoms with van der Waals surface area (Å²) >= 11 is 1.72. The molecule has 0 bridgehead atoms. The quantitative estimate of drug-likeness (QED) is 0.492. The SMILES string of the molecule is CCNC(=NCc1ncc(CC)s1)NCC(C)(C)c1ccc(OC)c(OC)c1. The number of nitrogens with zero attached hydrogens (tertiary/aromatic N) is 2. The van der Waals surface area contributed by atoms with E-state index >= 15 is 0 Å². The summed E-state index contributed by atoms with van der Waals surface area (Å²) in [5.74, 6) is 2.27. The van der Waals surface area contributed by atoms with E-state index in [-0.39, 0.29) is 5.41 Å². The highest BCUT2D eigenvalue weighted by molar-refractivity contribution is 7.11. The molecule has 2 aromatic rings. The standard InChI is InChI=1S/C21H32N4O2S/c1-7-16-12-23-19(28-16)13-24-20(22-8-2)25-14-21(3,4)15-9-10-17(26-5)18(11-15)27-6/h9-12H,7-8,13-14H2,1-6H3,(H2,22,24,25). The normalized spacial score (nSPS) is 12.0. The van der Waals surface area contributed by atoms with E-state index in [1.807, 2.05) is 18.3 Å². The summed E-state index contributed by atoms with van der Waals surface area (Å²) in [6.45, 7) is 10.7. The van der Waals surface area contributed by atoms with Crippen LogP contribution in [0.4, 0.5) is 0 Å². The lowest BCUT2D eigenvalue weighted by atomic mass is 9.84. The van der Waals surface area contributed by atoms with Crippen molar-refractivity contribution in [1.82, 2.24) is 15.6 Å². The van der Waals surface area contributed by atoms with Crippen LogP contribution in [-0.2, 0) is 18.4 Å². The third-order valence-electron chi connectivity index (χ3n) is 4.53. The molecule has 0 fully saturated rings. The maximum Gasteiger partial charge on any atom is 0.191 e. The van der Waals surface area contributed by atoms with Crippen molar-refractivity contribution in [3.63, 3.8) is 0 Å². The van der Waals surface area contributed by atoms with Gasteiger partial charge in [0.1, 0.15) is 5.01 Å². The third-order valence-corrected chi connectivity index (χ3v) is 5.66. The van der Waals surface area contributed by atoms with Crippen molar-refractivity contribution in [2.75, 3.05) is 27.3 Å². The van der Waals surface area contributed by atoms with E-state index < -0.39 is 0 Å². The number of rotatable bonds is 9. The van der Waals surface area contributed by atoms with Crippen LogP contribution >= 0.6 is 11.3 Å². The van der Waals surface area contributed by atoms with Crippen molar-refractivity contribution >= 4 is 17.3 Å². The monoisotopic (exact) mass is 404 g/mol. The number of ether oxygens (including phenoxy) is 2. The molecule has 0 saturated carbocycles. The lowest BCUT2D eigenvalue weighted by molar-refractivity contribution is 0.353. The fraction of sp³-hybridized carbons (Fsp3) is 0.524. The molecular weight excluding hydrogens is 372 g/mol. The van der Waals surface area contributed by atoms with Crippen LogP contribution in [0.5, 0.6) is 11.5 Å². The molecule has 0 radical (unpaired) electrons. The zero-order chi connectivity index (χ0) is 20.6. The van der Waals surface area contributed by atoms with Gasteiger partial charge in [0.05, 0.1) is 20.8 Å². The van der Waals surface area contributed by atoms with Crippen molar-refractivity contribution < 1.29 is 9.47 Å². The molecule has 1 aromatic heterocycles. The predicted octanol–water partition coefficient (Wildman–Crippen LogP) is 3.76. The molecule has 28 heavy (non-hydrogen) atoms. The average molecular weight is 405 g/mol. The van der Waals surface area contributed by atoms with Gasteiger partial charge in [0, 0.05) is 29.6 Å². The van der Waals surface area contributed by atoms with Crippen LogP contribution in [0.15, 0.2) is 29.4 Å². The fourth-order valence-corrected chi connectivity index (χ4v) is 3.52. The Morgan fingerprint density at radius 3 is 2.50 bits per heavy atom. The van der Waals surface area contributed by atoms with Crippen LogP contribution in [0.25, 0.3) is 0 Å². The van der Waals surface area contributed by atoms with E-state index in [9.17, 15) is 0 Å². The van der Waals surface area contributed by atoms with Crippen molar-refractivity contribution in [3.8, 4) is 11.5 Å². The van der Waals surface area contributed by atoms with Gasteiger partial charge in [-0.2, -0.15) is 0 Å². The second-order valence-electron chi connectivity index (χ2n) is 7.08. The molecule has 7 heteroatoms. The molecule has 0 aliphatic heterocycles. The highest BCUT2D eigenvalue weighted by Crippen LogP contribution is 2.32. The zero-order valence-electron chi connectivity index (χ0n) is 17.8. The van der Waals surface area contributed by atoms with Gasteiger partial charge < -0.3 is 20.1 Å². The van der Waals surface area contributed by atoms with Gasteiger partial charge in [-0.3, -0.25) is 0 Å². The summed E-state index contributed by atoms with van der Waals surface area (Å²) in [4.78, 5) is 10.4. The maximum atomic E-state index is 5.45. The second-order valence-corrected chi connectivity index (χ2v) is 8.28. The minimum absolute atomic E-state index is 0.119. The van der Waals surface area contributed by atoms with Crippen molar-refractivity contribution in [1.29, 1.82) is 0 Å². The molecule has 2 rings (SSSR count). The first-order chi connectivity index (χ1) is 13.4. The van der Waals surface area contributed by atoms with Gasteiger partial charge in [-0.05, 0) is 31.0 Å². The molecule has 6 nitrogen and oxygen atoms in total. The van der Waals surface area contributed by atoms with E-state index in [1.165, 1.54) is 10.4 Å². The molecule has 2 N–H and O–H groups in total. The molecule has 0 amide bonds. The highest BCUT2D eigenvalue weighted by Gasteiger charge is 2.22. The first-order valence-electron chi connectivity index (χ1n) is 9.61. The Morgan fingerprint density at radius 2 is 1.89 bits per heavy atom. The Morgan fingerprint density at radius 1 is 1.14 bits per heavy atom. The maximum absolute atomic E-state index is 5.45. The lowest BCUT2D eigenvalue weighted by Crippen LogP contribution is -2.43. The summed E-state index contributed by atoms with van der Waals surface area (Å²) in [7, 11) is 3.31. The van der Waals surface area contributed by atoms with Crippen LogP contribution in [0.3, 0.4) is 0 Å². The number of methoxy groups -OCH3 is 2. The fourth-order valence-electron chi connectivity index (χ4n) is 2.74. The third kappa shape index (κ3) is 5.86. The molecule has 0 aliphatic carbocycles. The molecule has 1 heterocycles. The molecule has 0 unspecified atom stereocenters. The van der Waals surface area contributed by atoms with Crippen LogP contribution in [-0.4, -0.2) is 38.3 Å². The number of hydrogen-bond acceptors (Lipinski definition) is 5. The van der Waals surface area contributed by atoms with Crippen LogP contribution in [0.2, 0.25) is 0 Å². The van der Waals surface area contributed by atoms with E-state index in [4.69, 9.17) is 9.47 Å². The molecule has 0 spiro atoms.